The first-order valence-electron chi connectivity index (χ1n) is 7.11. The van der Waals surface area contributed by atoms with Crippen molar-refractivity contribution in [2.24, 2.45) is 0 Å². The average Bonchev–Trinajstić information content (AvgIpc) is 2.24. The number of hydrogen-bond donors (Lipinski definition) is 2. The van der Waals surface area contributed by atoms with Crippen molar-refractivity contribution in [2.75, 3.05) is 6.16 Å². The van der Waals surface area contributed by atoms with Gasteiger partial charge in [-0.15, -0.1) is 0 Å². The van der Waals surface area contributed by atoms with Crippen molar-refractivity contribution < 1.29 is 14.4 Å². The van der Waals surface area contributed by atoms with Crippen LogP contribution in [-0.4, -0.2) is 43.2 Å². The molecule has 0 aliphatic rings. The zero-order chi connectivity index (χ0) is 13.0. The molecule has 0 unspecified atom stereocenters. The van der Waals surface area contributed by atoms with Crippen molar-refractivity contribution in [3.8, 4) is 0 Å². The average molecular weight is 474 g/mol. The van der Waals surface area contributed by atoms with Crippen molar-refractivity contribution in [3.63, 3.8) is 0 Å². The normalized spacial score (nSPS) is 11.3. The third kappa shape index (κ3) is 19.4. The summed E-state index contributed by atoms with van der Waals surface area (Å²) in [6.07, 6.45) is 13.4. The molecule has 0 saturated carbocycles. The molecule has 0 saturated heterocycles. The Balaban J connectivity index is 0. The second-order valence-electron chi connectivity index (χ2n) is 4.92. The molecule has 0 aliphatic heterocycles. The summed E-state index contributed by atoms with van der Waals surface area (Å²) in [4.78, 5) is 17.3. The van der Waals surface area contributed by atoms with Crippen LogP contribution >= 0.6 is 7.60 Å². The van der Waals surface area contributed by atoms with Gasteiger partial charge in [0.2, 0.25) is 0 Å². The van der Waals surface area contributed by atoms with Gasteiger partial charge in [-0.2, -0.15) is 0 Å². The van der Waals surface area contributed by atoms with Gasteiger partial charge in [0.15, 0.2) is 0 Å². The Morgan fingerprint density at radius 2 is 1.06 bits per heavy atom. The molecule has 0 aromatic rings. The van der Waals surface area contributed by atoms with Crippen molar-refractivity contribution >= 4 is 34.9 Å². The Bertz CT molecular complexity index is 206. The van der Waals surface area contributed by atoms with Gasteiger partial charge in [-0.25, -0.2) is 0 Å². The third-order valence-electron chi connectivity index (χ3n) is 3.05. The maximum absolute atomic E-state index is 10.6. The summed E-state index contributed by atoms with van der Waals surface area (Å²) < 4.78 is 10.6. The summed E-state index contributed by atoms with van der Waals surface area (Å²) in [5.74, 6) is 0. The van der Waals surface area contributed by atoms with Crippen LogP contribution in [-0.2, 0) is 4.57 Å². The van der Waals surface area contributed by atoms with Crippen LogP contribution in [0.1, 0.15) is 77.6 Å². The summed E-state index contributed by atoms with van der Waals surface area (Å²) in [5, 5.41) is 0. The summed E-state index contributed by atoms with van der Waals surface area (Å²) in [6.45, 7) is 2.23. The number of unbranched alkanes of at least 4 members (excludes halogenated alkanes) is 10. The molecule has 3 nitrogen and oxygen atoms in total. The summed E-state index contributed by atoms with van der Waals surface area (Å²) in [5.41, 5.74) is 0. The van der Waals surface area contributed by atoms with Crippen LogP contribution in [0.5, 0.6) is 0 Å². The van der Waals surface area contributed by atoms with Crippen molar-refractivity contribution in [1.29, 1.82) is 0 Å². The molecule has 0 rings (SSSR count). The molecule has 0 bridgehead atoms. The van der Waals surface area contributed by atoms with Gasteiger partial charge in [-0.1, -0.05) is 71.1 Å². The van der Waals surface area contributed by atoms with Gasteiger partial charge < -0.3 is 9.79 Å². The SMILES string of the molecule is CCCCCCCCCCCCCP(=O)(O)O.[PbH2]. The third-order valence-corrected chi connectivity index (χ3v) is 3.95. The van der Waals surface area contributed by atoms with Gasteiger partial charge in [0, 0.05) is 6.16 Å². The fourth-order valence-electron chi connectivity index (χ4n) is 1.98. The van der Waals surface area contributed by atoms with E-state index in [0.717, 1.165) is 12.8 Å². The molecule has 0 spiro atoms. The van der Waals surface area contributed by atoms with Gasteiger partial charge in [0.05, 0.1) is 0 Å². The molecule has 0 aromatic heterocycles. The predicted molar refractivity (Wildman–Crippen MR) is 81.9 cm³/mol. The van der Waals surface area contributed by atoms with Crippen molar-refractivity contribution in [3.05, 3.63) is 0 Å². The van der Waals surface area contributed by atoms with E-state index in [2.05, 4.69) is 6.92 Å². The van der Waals surface area contributed by atoms with E-state index in [4.69, 9.17) is 9.79 Å². The van der Waals surface area contributed by atoms with E-state index in [1.807, 2.05) is 0 Å². The quantitative estimate of drug-likeness (QED) is 0.259. The Morgan fingerprint density at radius 3 is 1.39 bits per heavy atom. The van der Waals surface area contributed by atoms with Crippen LogP contribution in [0.15, 0.2) is 0 Å². The molecular formula is C13H31O3PPb. The second kappa shape index (κ2) is 14.5. The molecule has 0 amide bonds. The molecule has 0 aromatic carbocycles. The second-order valence-corrected chi connectivity index (χ2v) is 6.70. The van der Waals surface area contributed by atoms with Crippen LogP contribution in [0.2, 0.25) is 0 Å². The Kier molecular flexibility index (Phi) is 17.2. The standard InChI is InChI=1S/C13H29O3P.Pb.2H/c1-2-3-4-5-6-7-8-9-10-11-12-13-17(14,15)16;;;/h2-13H2,1H3,(H2,14,15,16);;;. The summed E-state index contributed by atoms with van der Waals surface area (Å²) in [6, 6.07) is 0. The molecule has 0 atom stereocenters. The maximum atomic E-state index is 10.6. The van der Waals surface area contributed by atoms with Gasteiger partial charge in [-0.3, -0.25) is 4.57 Å². The Hall–Kier alpha value is 1.07. The molecular weight excluding hydrogens is 442 g/mol. The summed E-state index contributed by atoms with van der Waals surface area (Å²) in [7, 11) is -3.74. The van der Waals surface area contributed by atoms with Gasteiger partial charge in [-0.05, 0) is 6.42 Å². The molecule has 5 heteroatoms. The number of hydrogen-bond acceptors (Lipinski definition) is 1. The van der Waals surface area contributed by atoms with Crippen LogP contribution in [0, 0.1) is 0 Å². The Labute approximate surface area is 132 Å². The minimum absolute atomic E-state index is 0. The van der Waals surface area contributed by atoms with Crippen LogP contribution in [0.4, 0.5) is 0 Å². The molecule has 0 aliphatic carbocycles. The van der Waals surface area contributed by atoms with Crippen molar-refractivity contribution in [1.82, 2.24) is 0 Å². The molecule has 0 heterocycles. The van der Waals surface area contributed by atoms with Gasteiger partial charge in [0.1, 0.15) is 0 Å². The molecule has 2 N–H and O–H groups in total. The van der Waals surface area contributed by atoms with Gasteiger partial charge >= 0.3 is 34.9 Å². The van der Waals surface area contributed by atoms with Crippen molar-refractivity contribution in [2.45, 2.75) is 77.6 Å². The minimum atomic E-state index is -3.74. The molecule has 2 radical (unpaired) electrons. The van der Waals surface area contributed by atoms with E-state index in [1.165, 1.54) is 51.4 Å². The first-order chi connectivity index (χ1) is 8.06. The Morgan fingerprint density at radius 1 is 0.722 bits per heavy atom. The fraction of sp³-hybridized carbons (Fsp3) is 1.00. The monoisotopic (exact) mass is 474 g/mol. The first kappa shape index (κ1) is 21.4. The van der Waals surface area contributed by atoms with E-state index in [9.17, 15) is 4.57 Å². The van der Waals surface area contributed by atoms with Crippen LogP contribution in [0.25, 0.3) is 0 Å². The topological polar surface area (TPSA) is 57.5 Å². The van der Waals surface area contributed by atoms with Crippen LogP contribution < -0.4 is 0 Å². The van der Waals surface area contributed by atoms with E-state index in [0.29, 0.717) is 6.42 Å². The number of rotatable bonds is 12. The van der Waals surface area contributed by atoms with Gasteiger partial charge in [0.25, 0.3) is 0 Å². The fourth-order valence-corrected chi connectivity index (χ4v) is 2.62. The van der Waals surface area contributed by atoms with E-state index >= 15 is 0 Å². The predicted octanol–water partition coefficient (Wildman–Crippen LogP) is 3.56. The zero-order valence-corrected chi connectivity index (χ0v) is 18.3. The summed E-state index contributed by atoms with van der Waals surface area (Å²) >= 11 is 0. The molecule has 110 valence electrons. The zero-order valence-electron chi connectivity index (χ0n) is 11.9. The van der Waals surface area contributed by atoms with E-state index in [-0.39, 0.29) is 33.5 Å². The molecule has 0 fully saturated rings. The molecule has 18 heavy (non-hydrogen) atoms. The van der Waals surface area contributed by atoms with E-state index in [1.54, 1.807) is 0 Å². The van der Waals surface area contributed by atoms with E-state index < -0.39 is 7.60 Å². The first-order valence-corrected chi connectivity index (χ1v) is 8.90. The van der Waals surface area contributed by atoms with Crippen LogP contribution in [0.3, 0.4) is 0 Å².